The molecule has 0 aliphatic heterocycles. The second-order valence-corrected chi connectivity index (χ2v) is 3.24. The van der Waals surface area contributed by atoms with Crippen molar-refractivity contribution in [2.24, 2.45) is 0 Å². The predicted octanol–water partition coefficient (Wildman–Crippen LogP) is 0.747. The quantitative estimate of drug-likeness (QED) is 0.751. The highest BCUT2D eigenvalue weighted by Crippen LogP contribution is 2.24. The molecule has 0 fully saturated rings. The van der Waals surface area contributed by atoms with Gasteiger partial charge < -0.3 is 14.8 Å². The van der Waals surface area contributed by atoms with Crippen LogP contribution in [0.4, 0.5) is 0 Å². The summed E-state index contributed by atoms with van der Waals surface area (Å²) in [5, 5.41) is 9.16. The SMILES string of the molecule is CCC(C)(OC)c1nc(O)cc(=O)[nH]1. The van der Waals surface area contributed by atoms with Crippen molar-refractivity contribution in [3.63, 3.8) is 0 Å². The van der Waals surface area contributed by atoms with E-state index in [2.05, 4.69) is 9.97 Å². The van der Waals surface area contributed by atoms with Crippen LogP contribution in [0.25, 0.3) is 0 Å². The third-order valence-electron chi connectivity index (χ3n) is 2.35. The Bertz CT molecular complexity index is 369. The first-order chi connectivity index (χ1) is 6.51. The summed E-state index contributed by atoms with van der Waals surface area (Å²) in [6.45, 7) is 3.71. The molecule has 0 bridgehead atoms. The maximum atomic E-state index is 11.1. The number of aromatic amines is 1. The Labute approximate surface area is 81.8 Å². The first-order valence-corrected chi connectivity index (χ1v) is 4.38. The number of hydrogen-bond acceptors (Lipinski definition) is 4. The number of aromatic hydroxyl groups is 1. The molecule has 0 saturated heterocycles. The van der Waals surface area contributed by atoms with E-state index in [-0.39, 0.29) is 11.4 Å². The lowest BCUT2D eigenvalue weighted by molar-refractivity contribution is -0.00960. The van der Waals surface area contributed by atoms with E-state index in [1.54, 1.807) is 6.92 Å². The van der Waals surface area contributed by atoms with Crippen LogP contribution in [0.5, 0.6) is 5.88 Å². The van der Waals surface area contributed by atoms with E-state index in [1.807, 2.05) is 6.92 Å². The zero-order valence-electron chi connectivity index (χ0n) is 8.50. The van der Waals surface area contributed by atoms with Crippen LogP contribution in [-0.2, 0) is 10.3 Å². The minimum atomic E-state index is -0.669. The predicted molar refractivity (Wildman–Crippen MR) is 51.2 cm³/mol. The Morgan fingerprint density at radius 1 is 1.71 bits per heavy atom. The normalized spacial score (nSPS) is 15.1. The van der Waals surface area contributed by atoms with Crippen LogP contribution in [0.3, 0.4) is 0 Å². The molecule has 1 heterocycles. The van der Waals surface area contributed by atoms with Crippen molar-refractivity contribution in [1.29, 1.82) is 0 Å². The second-order valence-electron chi connectivity index (χ2n) is 3.24. The molecule has 0 aromatic carbocycles. The first-order valence-electron chi connectivity index (χ1n) is 4.38. The molecule has 0 aliphatic carbocycles. The molecular formula is C9H14N2O3. The van der Waals surface area contributed by atoms with E-state index in [0.717, 1.165) is 6.07 Å². The summed E-state index contributed by atoms with van der Waals surface area (Å²) in [5.74, 6) is 0.0491. The molecule has 1 unspecified atom stereocenters. The fourth-order valence-electron chi connectivity index (χ4n) is 1.10. The van der Waals surface area contributed by atoms with Crippen LogP contribution < -0.4 is 5.56 Å². The molecule has 1 atom stereocenters. The summed E-state index contributed by atoms with van der Waals surface area (Å²) in [4.78, 5) is 17.4. The molecule has 1 aromatic heterocycles. The van der Waals surface area contributed by atoms with Gasteiger partial charge in [0.1, 0.15) is 11.4 Å². The summed E-state index contributed by atoms with van der Waals surface area (Å²) in [5.41, 5.74) is -1.05. The lowest BCUT2D eigenvalue weighted by Crippen LogP contribution is -2.28. The van der Waals surface area contributed by atoms with Gasteiger partial charge in [-0.15, -0.1) is 0 Å². The Balaban J connectivity index is 3.24. The van der Waals surface area contributed by atoms with Crippen LogP contribution in [0.1, 0.15) is 26.1 Å². The molecule has 5 nitrogen and oxygen atoms in total. The largest absolute Gasteiger partial charge is 0.493 e. The molecule has 0 radical (unpaired) electrons. The Hall–Kier alpha value is -1.36. The molecule has 5 heteroatoms. The van der Waals surface area contributed by atoms with Gasteiger partial charge >= 0.3 is 0 Å². The minimum absolute atomic E-state index is 0.291. The van der Waals surface area contributed by atoms with Gasteiger partial charge in [0.25, 0.3) is 5.56 Å². The molecule has 14 heavy (non-hydrogen) atoms. The van der Waals surface area contributed by atoms with Crippen molar-refractivity contribution in [2.75, 3.05) is 7.11 Å². The summed E-state index contributed by atoms with van der Waals surface area (Å²) in [6, 6.07) is 1.02. The minimum Gasteiger partial charge on any atom is -0.493 e. The lowest BCUT2D eigenvalue weighted by Gasteiger charge is -2.24. The van der Waals surface area contributed by atoms with E-state index in [1.165, 1.54) is 7.11 Å². The van der Waals surface area contributed by atoms with Gasteiger partial charge in [0.15, 0.2) is 0 Å². The number of aromatic nitrogens is 2. The maximum absolute atomic E-state index is 11.1. The average molecular weight is 198 g/mol. The van der Waals surface area contributed by atoms with Gasteiger partial charge in [-0.2, -0.15) is 4.98 Å². The number of ether oxygens (including phenoxy) is 1. The van der Waals surface area contributed by atoms with Crippen molar-refractivity contribution < 1.29 is 9.84 Å². The van der Waals surface area contributed by atoms with Crippen LogP contribution >= 0.6 is 0 Å². The number of rotatable bonds is 3. The molecule has 0 saturated carbocycles. The molecule has 1 rings (SSSR count). The number of nitrogens with zero attached hydrogens (tertiary/aromatic N) is 1. The zero-order chi connectivity index (χ0) is 10.8. The molecular weight excluding hydrogens is 184 g/mol. The Kier molecular flexibility index (Phi) is 2.90. The Morgan fingerprint density at radius 3 is 2.79 bits per heavy atom. The van der Waals surface area contributed by atoms with Gasteiger partial charge in [0.2, 0.25) is 5.88 Å². The van der Waals surface area contributed by atoms with Crippen molar-refractivity contribution in [3.8, 4) is 5.88 Å². The highest BCUT2D eigenvalue weighted by Gasteiger charge is 2.27. The average Bonchev–Trinajstić information content (AvgIpc) is 2.15. The molecule has 0 spiro atoms. The van der Waals surface area contributed by atoms with Crippen LogP contribution in [0.2, 0.25) is 0 Å². The number of nitrogens with one attached hydrogen (secondary N) is 1. The first kappa shape index (κ1) is 10.7. The summed E-state index contributed by atoms with van der Waals surface area (Å²) in [7, 11) is 1.54. The van der Waals surface area contributed by atoms with Gasteiger partial charge in [0.05, 0.1) is 6.07 Å². The molecule has 0 amide bonds. The van der Waals surface area contributed by atoms with Crippen molar-refractivity contribution in [2.45, 2.75) is 25.9 Å². The zero-order valence-corrected chi connectivity index (χ0v) is 8.50. The van der Waals surface area contributed by atoms with Crippen LogP contribution in [0.15, 0.2) is 10.9 Å². The molecule has 0 aliphatic rings. The number of methoxy groups -OCH3 is 1. The molecule has 78 valence electrons. The summed E-state index contributed by atoms with van der Waals surface area (Å²) < 4.78 is 5.24. The van der Waals surface area contributed by atoms with Crippen LogP contribution in [0, 0.1) is 0 Å². The fraction of sp³-hybridized carbons (Fsp3) is 0.556. The van der Waals surface area contributed by atoms with Gasteiger partial charge in [0, 0.05) is 7.11 Å². The van der Waals surface area contributed by atoms with E-state index >= 15 is 0 Å². The summed E-state index contributed by atoms with van der Waals surface area (Å²) in [6.07, 6.45) is 0.649. The highest BCUT2D eigenvalue weighted by molar-refractivity contribution is 5.10. The van der Waals surface area contributed by atoms with E-state index in [0.29, 0.717) is 12.2 Å². The number of hydrogen-bond donors (Lipinski definition) is 2. The highest BCUT2D eigenvalue weighted by atomic mass is 16.5. The fourth-order valence-corrected chi connectivity index (χ4v) is 1.10. The van der Waals surface area contributed by atoms with E-state index < -0.39 is 5.60 Å². The van der Waals surface area contributed by atoms with Gasteiger partial charge in [-0.1, -0.05) is 6.92 Å². The lowest BCUT2D eigenvalue weighted by atomic mass is 10.0. The van der Waals surface area contributed by atoms with Crippen molar-refractivity contribution in [1.82, 2.24) is 9.97 Å². The maximum Gasteiger partial charge on any atom is 0.254 e. The van der Waals surface area contributed by atoms with Gasteiger partial charge in [-0.3, -0.25) is 4.79 Å². The third kappa shape index (κ3) is 1.93. The van der Waals surface area contributed by atoms with Crippen molar-refractivity contribution in [3.05, 3.63) is 22.2 Å². The van der Waals surface area contributed by atoms with Crippen LogP contribution in [-0.4, -0.2) is 22.2 Å². The third-order valence-corrected chi connectivity index (χ3v) is 2.35. The number of H-pyrrole nitrogens is 1. The second kappa shape index (κ2) is 3.79. The summed E-state index contributed by atoms with van der Waals surface area (Å²) >= 11 is 0. The van der Waals surface area contributed by atoms with Gasteiger partial charge in [-0.25, -0.2) is 0 Å². The van der Waals surface area contributed by atoms with E-state index in [9.17, 15) is 4.79 Å². The van der Waals surface area contributed by atoms with Crippen molar-refractivity contribution >= 4 is 0 Å². The van der Waals surface area contributed by atoms with E-state index in [4.69, 9.17) is 9.84 Å². The molecule has 1 aromatic rings. The smallest absolute Gasteiger partial charge is 0.254 e. The molecule has 2 N–H and O–H groups in total. The Morgan fingerprint density at radius 2 is 2.36 bits per heavy atom. The van der Waals surface area contributed by atoms with Gasteiger partial charge in [-0.05, 0) is 13.3 Å². The topological polar surface area (TPSA) is 75.2 Å². The standard InChI is InChI=1S/C9H14N2O3/c1-4-9(2,14-3)8-10-6(12)5-7(13)11-8/h5H,4H2,1-3H3,(H2,10,11,12,13). The monoisotopic (exact) mass is 198 g/mol.